The van der Waals surface area contributed by atoms with Crippen LogP contribution in [0.1, 0.15) is 21.3 Å². The Bertz CT molecular complexity index is 753. The van der Waals surface area contributed by atoms with Crippen molar-refractivity contribution in [3.05, 3.63) is 58.1 Å². The van der Waals surface area contributed by atoms with Gasteiger partial charge in [0.05, 0.1) is 14.2 Å². The molecular formula is C18H18BrNO3S. The molecule has 24 heavy (non-hydrogen) atoms. The highest BCUT2D eigenvalue weighted by atomic mass is 79.9. The van der Waals surface area contributed by atoms with Crippen LogP contribution in [0.3, 0.4) is 0 Å². The lowest BCUT2D eigenvalue weighted by Gasteiger charge is -2.26. The monoisotopic (exact) mass is 407 g/mol. The highest BCUT2D eigenvalue weighted by molar-refractivity contribution is 9.10. The molecule has 0 bridgehead atoms. The van der Waals surface area contributed by atoms with Gasteiger partial charge in [0, 0.05) is 27.9 Å². The van der Waals surface area contributed by atoms with E-state index in [-0.39, 0.29) is 11.3 Å². The molecule has 0 aliphatic carbocycles. The lowest BCUT2D eigenvalue weighted by molar-refractivity contribution is 0.0759. The van der Waals surface area contributed by atoms with E-state index in [1.54, 1.807) is 26.0 Å². The molecule has 0 saturated carbocycles. The summed E-state index contributed by atoms with van der Waals surface area (Å²) in [6.07, 6.45) is 0. The van der Waals surface area contributed by atoms with E-state index in [1.165, 1.54) is 0 Å². The number of hydrogen-bond acceptors (Lipinski definition) is 4. The number of para-hydroxylation sites is 1. The van der Waals surface area contributed by atoms with E-state index in [2.05, 4.69) is 15.9 Å². The Morgan fingerprint density at radius 3 is 2.71 bits per heavy atom. The molecule has 6 heteroatoms. The molecule has 1 aliphatic rings. The number of halogens is 1. The van der Waals surface area contributed by atoms with Gasteiger partial charge in [0.1, 0.15) is 5.37 Å². The maximum Gasteiger partial charge on any atom is 0.255 e. The first kappa shape index (κ1) is 17.2. The van der Waals surface area contributed by atoms with Gasteiger partial charge in [-0.2, -0.15) is 0 Å². The van der Waals surface area contributed by atoms with Crippen LogP contribution < -0.4 is 9.47 Å². The van der Waals surface area contributed by atoms with Crippen LogP contribution in [-0.4, -0.2) is 37.3 Å². The first-order valence-corrected chi connectivity index (χ1v) is 9.39. The minimum absolute atomic E-state index is 0.0242. The SMILES string of the molecule is COc1cccc([C@@H]2SCCN2C(=O)c2cccc(Br)c2)c1OC. The standard InChI is InChI=1S/C18H18BrNO3S/c1-22-15-8-4-7-14(16(15)23-2)18-20(9-10-24-18)17(21)12-5-3-6-13(19)11-12/h3-8,11,18H,9-10H2,1-2H3/t18-/m0/s1. The van der Waals surface area contributed by atoms with Crippen LogP contribution in [0.5, 0.6) is 11.5 Å². The molecular weight excluding hydrogens is 390 g/mol. The summed E-state index contributed by atoms with van der Waals surface area (Å²) < 4.78 is 11.8. The normalized spacial score (nSPS) is 17.0. The van der Waals surface area contributed by atoms with E-state index in [0.29, 0.717) is 23.6 Å². The van der Waals surface area contributed by atoms with Crippen LogP contribution in [0, 0.1) is 0 Å². The molecule has 2 aromatic carbocycles. The maximum atomic E-state index is 13.0. The molecule has 0 unspecified atom stereocenters. The smallest absolute Gasteiger partial charge is 0.255 e. The van der Waals surface area contributed by atoms with Crippen LogP contribution in [-0.2, 0) is 0 Å². The van der Waals surface area contributed by atoms with Gasteiger partial charge in [-0.05, 0) is 24.3 Å². The largest absolute Gasteiger partial charge is 0.493 e. The van der Waals surface area contributed by atoms with Crippen molar-refractivity contribution < 1.29 is 14.3 Å². The van der Waals surface area contributed by atoms with Crippen LogP contribution in [0.15, 0.2) is 46.9 Å². The van der Waals surface area contributed by atoms with Crippen molar-refractivity contribution >= 4 is 33.6 Å². The lowest BCUT2D eigenvalue weighted by atomic mass is 10.1. The van der Waals surface area contributed by atoms with E-state index in [1.807, 2.05) is 47.4 Å². The molecule has 1 saturated heterocycles. The Balaban J connectivity index is 1.95. The van der Waals surface area contributed by atoms with E-state index in [0.717, 1.165) is 15.8 Å². The lowest BCUT2D eigenvalue weighted by Crippen LogP contribution is -2.30. The molecule has 0 aromatic heterocycles. The van der Waals surface area contributed by atoms with Crippen molar-refractivity contribution in [3.63, 3.8) is 0 Å². The fraction of sp³-hybridized carbons (Fsp3) is 0.278. The maximum absolute atomic E-state index is 13.0. The second-order valence-electron chi connectivity index (χ2n) is 5.31. The number of methoxy groups -OCH3 is 2. The minimum Gasteiger partial charge on any atom is -0.493 e. The molecule has 4 nitrogen and oxygen atoms in total. The van der Waals surface area contributed by atoms with E-state index < -0.39 is 0 Å². The molecule has 0 spiro atoms. The Labute approximate surface area is 154 Å². The molecule has 1 atom stereocenters. The van der Waals surface area contributed by atoms with E-state index in [4.69, 9.17) is 9.47 Å². The second kappa shape index (κ2) is 7.49. The molecule has 1 fully saturated rings. The summed E-state index contributed by atoms with van der Waals surface area (Å²) in [6.45, 7) is 0.709. The number of hydrogen-bond donors (Lipinski definition) is 0. The van der Waals surface area contributed by atoms with E-state index in [9.17, 15) is 4.79 Å². The Morgan fingerprint density at radius 2 is 2.00 bits per heavy atom. The fourth-order valence-corrected chi connectivity index (χ4v) is 4.50. The first-order chi connectivity index (χ1) is 11.7. The van der Waals surface area contributed by atoms with Crippen molar-refractivity contribution in [1.82, 2.24) is 4.90 Å². The number of carbonyl (C=O) groups is 1. The summed E-state index contributed by atoms with van der Waals surface area (Å²) >= 11 is 5.17. The number of nitrogens with zero attached hydrogens (tertiary/aromatic N) is 1. The number of ether oxygens (including phenoxy) is 2. The molecule has 2 aromatic rings. The molecule has 1 amide bonds. The average molecular weight is 408 g/mol. The Hall–Kier alpha value is -1.66. The van der Waals surface area contributed by atoms with Gasteiger partial charge in [-0.1, -0.05) is 34.1 Å². The van der Waals surface area contributed by atoms with Crippen LogP contribution in [0.4, 0.5) is 0 Å². The van der Waals surface area contributed by atoms with Crippen molar-refractivity contribution in [2.75, 3.05) is 26.5 Å². The number of amides is 1. The summed E-state index contributed by atoms with van der Waals surface area (Å²) in [5.74, 6) is 2.28. The number of carbonyl (C=O) groups excluding carboxylic acids is 1. The predicted molar refractivity (Wildman–Crippen MR) is 99.9 cm³/mol. The Morgan fingerprint density at radius 1 is 1.21 bits per heavy atom. The molecule has 1 heterocycles. The summed E-state index contributed by atoms with van der Waals surface area (Å²) in [5, 5.41) is -0.0819. The summed E-state index contributed by atoms with van der Waals surface area (Å²) in [6, 6.07) is 13.3. The van der Waals surface area contributed by atoms with Crippen molar-refractivity contribution in [2.24, 2.45) is 0 Å². The molecule has 126 valence electrons. The first-order valence-electron chi connectivity index (χ1n) is 7.54. The van der Waals surface area contributed by atoms with Gasteiger partial charge in [-0.15, -0.1) is 11.8 Å². The molecule has 0 radical (unpaired) electrons. The zero-order chi connectivity index (χ0) is 17.1. The number of rotatable bonds is 4. The summed E-state index contributed by atoms with van der Waals surface area (Å²) in [5.41, 5.74) is 1.64. The van der Waals surface area contributed by atoms with Crippen LogP contribution in [0.25, 0.3) is 0 Å². The third kappa shape index (κ3) is 3.26. The van der Waals surface area contributed by atoms with Crippen molar-refractivity contribution in [1.29, 1.82) is 0 Å². The quantitative estimate of drug-likeness (QED) is 0.754. The van der Waals surface area contributed by atoms with Gasteiger partial charge in [0.25, 0.3) is 5.91 Å². The number of benzene rings is 2. The average Bonchev–Trinajstić information content (AvgIpc) is 3.09. The highest BCUT2D eigenvalue weighted by Crippen LogP contribution is 2.45. The fourth-order valence-electron chi connectivity index (χ4n) is 2.83. The molecule has 0 N–H and O–H groups in total. The third-order valence-corrected chi connectivity index (χ3v) is 5.66. The summed E-state index contributed by atoms with van der Waals surface area (Å²) in [7, 11) is 3.25. The minimum atomic E-state index is -0.0819. The number of thioether (sulfide) groups is 1. The topological polar surface area (TPSA) is 38.8 Å². The van der Waals surface area contributed by atoms with Gasteiger partial charge in [-0.3, -0.25) is 4.79 Å². The highest BCUT2D eigenvalue weighted by Gasteiger charge is 2.33. The van der Waals surface area contributed by atoms with Gasteiger partial charge in [0.2, 0.25) is 0 Å². The van der Waals surface area contributed by atoms with Gasteiger partial charge < -0.3 is 14.4 Å². The molecule has 3 rings (SSSR count). The third-order valence-electron chi connectivity index (χ3n) is 3.92. The van der Waals surface area contributed by atoms with Gasteiger partial charge in [0.15, 0.2) is 11.5 Å². The molecule has 1 aliphatic heterocycles. The van der Waals surface area contributed by atoms with Crippen molar-refractivity contribution in [3.8, 4) is 11.5 Å². The predicted octanol–water partition coefficient (Wildman–Crippen LogP) is 4.35. The summed E-state index contributed by atoms with van der Waals surface area (Å²) in [4.78, 5) is 14.8. The van der Waals surface area contributed by atoms with E-state index >= 15 is 0 Å². The van der Waals surface area contributed by atoms with Gasteiger partial charge >= 0.3 is 0 Å². The van der Waals surface area contributed by atoms with Gasteiger partial charge in [-0.25, -0.2) is 0 Å². The van der Waals surface area contributed by atoms with Crippen LogP contribution >= 0.6 is 27.7 Å². The van der Waals surface area contributed by atoms with Crippen molar-refractivity contribution in [2.45, 2.75) is 5.37 Å². The second-order valence-corrected chi connectivity index (χ2v) is 7.42. The van der Waals surface area contributed by atoms with Crippen LogP contribution in [0.2, 0.25) is 0 Å². The zero-order valence-electron chi connectivity index (χ0n) is 13.5. The zero-order valence-corrected chi connectivity index (χ0v) is 15.9. The Kier molecular flexibility index (Phi) is 5.36.